The normalized spacial score (nSPS) is 16.4. The number of aryl methyl sites for hydroxylation is 1. The molecule has 4 rings (SSSR count). The number of nitrogens with one attached hydrogen (secondary N) is 2. The summed E-state index contributed by atoms with van der Waals surface area (Å²) in [4.78, 5) is 35.5. The second-order valence-electron chi connectivity index (χ2n) is 6.43. The molecular formula is C20H18N4O3. The quantitative estimate of drug-likeness (QED) is 0.749. The molecule has 1 atom stereocenters. The molecule has 7 heteroatoms. The first-order chi connectivity index (χ1) is 13.0. The summed E-state index contributed by atoms with van der Waals surface area (Å²) in [6, 6.07) is 9.80. The number of H-pyrrole nitrogens is 1. The molecule has 1 saturated heterocycles. The summed E-state index contributed by atoms with van der Waals surface area (Å²) in [5.74, 6) is -0.863. The fraction of sp³-hybridized carbons (Fsp3) is 0.200. The Morgan fingerprint density at radius 2 is 2.07 bits per heavy atom. The van der Waals surface area contributed by atoms with E-state index in [1.54, 1.807) is 13.1 Å². The highest BCUT2D eigenvalue weighted by molar-refractivity contribution is 6.08. The molecule has 2 amide bonds. The number of para-hydroxylation sites is 1. The van der Waals surface area contributed by atoms with Crippen LogP contribution in [0, 0.1) is 6.92 Å². The van der Waals surface area contributed by atoms with Gasteiger partial charge in [-0.3, -0.25) is 19.9 Å². The highest BCUT2D eigenvalue weighted by atomic mass is 16.5. The highest BCUT2D eigenvalue weighted by Gasteiger charge is 2.24. The van der Waals surface area contributed by atoms with Gasteiger partial charge in [0.05, 0.1) is 11.3 Å². The molecule has 0 unspecified atom stereocenters. The maximum Gasteiger partial charge on any atom is 0.300 e. The van der Waals surface area contributed by atoms with Gasteiger partial charge in [-0.15, -0.1) is 0 Å². The monoisotopic (exact) mass is 362 g/mol. The first-order valence-corrected chi connectivity index (χ1v) is 8.62. The standard InChI is InChI=1S/C20H18N4O3/c1-11(15-9-22-16-6-4-3-5-14(15)16)13-7-8-21-12(2)18(13)19(26)24-20-23-17(25)10-27-20/h3-9,11,22H,10H2,1-2H3,(H,23,24,25,26)/t11-/m1/s1. The molecule has 1 aliphatic rings. The highest BCUT2D eigenvalue weighted by Crippen LogP contribution is 2.33. The lowest BCUT2D eigenvalue weighted by molar-refractivity contribution is -0.119. The van der Waals surface area contributed by atoms with Gasteiger partial charge in [-0.05, 0) is 30.2 Å². The van der Waals surface area contributed by atoms with Gasteiger partial charge < -0.3 is 9.72 Å². The van der Waals surface area contributed by atoms with E-state index in [4.69, 9.17) is 4.74 Å². The van der Waals surface area contributed by atoms with Gasteiger partial charge in [0.1, 0.15) is 0 Å². The molecule has 3 aromatic rings. The Kier molecular flexibility index (Phi) is 4.19. The Labute approximate surface area is 155 Å². The summed E-state index contributed by atoms with van der Waals surface area (Å²) >= 11 is 0. The zero-order valence-corrected chi connectivity index (χ0v) is 14.9. The van der Waals surface area contributed by atoms with E-state index in [1.807, 2.05) is 37.4 Å². The topological polar surface area (TPSA) is 96.4 Å². The number of carbonyl (C=O) groups is 2. The summed E-state index contributed by atoms with van der Waals surface area (Å²) in [6.07, 6.45) is 3.65. The molecule has 1 fully saturated rings. The van der Waals surface area contributed by atoms with Gasteiger partial charge in [-0.2, -0.15) is 4.99 Å². The molecule has 7 nitrogen and oxygen atoms in total. The molecule has 0 spiro atoms. The maximum atomic E-state index is 12.8. The van der Waals surface area contributed by atoms with Gasteiger partial charge in [-0.1, -0.05) is 25.1 Å². The number of fused-ring (bicyclic) bond motifs is 1. The van der Waals surface area contributed by atoms with Crippen LogP contribution in [0.4, 0.5) is 0 Å². The number of ether oxygens (including phenoxy) is 1. The molecule has 27 heavy (non-hydrogen) atoms. The number of aliphatic imine (C=N–C) groups is 1. The van der Waals surface area contributed by atoms with Crippen molar-refractivity contribution >= 4 is 28.7 Å². The molecule has 2 aromatic heterocycles. The second-order valence-corrected chi connectivity index (χ2v) is 6.43. The van der Waals surface area contributed by atoms with Crippen LogP contribution in [0.15, 0.2) is 47.7 Å². The number of carbonyl (C=O) groups excluding carboxylic acids is 2. The Morgan fingerprint density at radius 1 is 1.26 bits per heavy atom. The van der Waals surface area contributed by atoms with E-state index in [-0.39, 0.29) is 24.5 Å². The van der Waals surface area contributed by atoms with Crippen LogP contribution in [0.1, 0.15) is 40.0 Å². The minimum absolute atomic E-state index is 0.0545. The van der Waals surface area contributed by atoms with Gasteiger partial charge in [0, 0.05) is 29.2 Å². The number of amidine groups is 1. The summed E-state index contributed by atoms with van der Waals surface area (Å²) in [6.45, 7) is 3.69. The van der Waals surface area contributed by atoms with E-state index in [2.05, 4.69) is 26.3 Å². The third kappa shape index (κ3) is 3.08. The molecule has 0 radical (unpaired) electrons. The molecule has 0 saturated carbocycles. The average molecular weight is 362 g/mol. The molecular weight excluding hydrogens is 344 g/mol. The number of rotatable bonds is 3. The average Bonchev–Trinajstić information content (AvgIpc) is 3.26. The van der Waals surface area contributed by atoms with Crippen molar-refractivity contribution in [2.45, 2.75) is 19.8 Å². The summed E-state index contributed by atoms with van der Waals surface area (Å²) in [7, 11) is 0. The number of nitrogens with zero attached hydrogens (tertiary/aromatic N) is 2. The Hall–Kier alpha value is -3.48. The van der Waals surface area contributed by atoms with E-state index >= 15 is 0 Å². The predicted octanol–water partition coefficient (Wildman–Crippen LogP) is 2.67. The third-order valence-corrected chi connectivity index (χ3v) is 4.73. The molecule has 2 N–H and O–H groups in total. The fourth-order valence-electron chi connectivity index (χ4n) is 3.38. The lowest BCUT2D eigenvalue weighted by Gasteiger charge is -2.16. The second kappa shape index (κ2) is 6.68. The van der Waals surface area contributed by atoms with E-state index < -0.39 is 5.91 Å². The van der Waals surface area contributed by atoms with Crippen molar-refractivity contribution in [1.82, 2.24) is 15.3 Å². The predicted molar refractivity (Wildman–Crippen MR) is 101 cm³/mol. The third-order valence-electron chi connectivity index (χ3n) is 4.73. The lowest BCUT2D eigenvalue weighted by Crippen LogP contribution is -2.22. The van der Waals surface area contributed by atoms with E-state index in [9.17, 15) is 9.59 Å². The van der Waals surface area contributed by atoms with Crippen LogP contribution >= 0.6 is 0 Å². The van der Waals surface area contributed by atoms with Crippen LogP contribution in [-0.2, 0) is 9.53 Å². The fourth-order valence-corrected chi connectivity index (χ4v) is 3.38. The SMILES string of the molecule is Cc1nccc([C@@H](C)c2c[nH]c3ccccc23)c1C(=O)N=C1NC(=O)CO1. The number of amides is 2. The first kappa shape index (κ1) is 17.0. The van der Waals surface area contributed by atoms with Crippen molar-refractivity contribution in [2.24, 2.45) is 4.99 Å². The van der Waals surface area contributed by atoms with Crippen LogP contribution in [0.25, 0.3) is 10.9 Å². The Balaban J connectivity index is 1.76. The van der Waals surface area contributed by atoms with Crippen molar-refractivity contribution in [3.8, 4) is 0 Å². The molecule has 1 aromatic carbocycles. The first-order valence-electron chi connectivity index (χ1n) is 8.62. The van der Waals surface area contributed by atoms with Crippen LogP contribution in [0.3, 0.4) is 0 Å². The van der Waals surface area contributed by atoms with Crippen LogP contribution < -0.4 is 5.32 Å². The van der Waals surface area contributed by atoms with Crippen molar-refractivity contribution in [2.75, 3.05) is 6.61 Å². The Bertz CT molecular complexity index is 1080. The van der Waals surface area contributed by atoms with Gasteiger partial charge in [0.25, 0.3) is 17.8 Å². The number of pyridine rings is 1. The smallest absolute Gasteiger partial charge is 0.300 e. The van der Waals surface area contributed by atoms with Gasteiger partial charge in [0.15, 0.2) is 6.61 Å². The number of benzene rings is 1. The van der Waals surface area contributed by atoms with Crippen molar-refractivity contribution in [1.29, 1.82) is 0 Å². The lowest BCUT2D eigenvalue weighted by atomic mass is 9.89. The summed E-state index contributed by atoms with van der Waals surface area (Å²) in [5, 5.41) is 3.52. The molecule has 1 aliphatic heterocycles. The Morgan fingerprint density at radius 3 is 2.85 bits per heavy atom. The van der Waals surface area contributed by atoms with Gasteiger partial charge in [0.2, 0.25) is 0 Å². The van der Waals surface area contributed by atoms with Crippen molar-refractivity contribution in [3.05, 3.63) is 65.1 Å². The van der Waals surface area contributed by atoms with Gasteiger partial charge >= 0.3 is 0 Å². The number of hydrogen-bond donors (Lipinski definition) is 2. The number of aromatic amines is 1. The van der Waals surface area contributed by atoms with Gasteiger partial charge in [-0.25, -0.2) is 0 Å². The van der Waals surface area contributed by atoms with Crippen molar-refractivity contribution < 1.29 is 14.3 Å². The molecule has 0 aliphatic carbocycles. The van der Waals surface area contributed by atoms with E-state index in [1.165, 1.54) is 0 Å². The van der Waals surface area contributed by atoms with E-state index in [0.717, 1.165) is 22.0 Å². The molecule has 136 valence electrons. The van der Waals surface area contributed by atoms with Crippen LogP contribution in [0.5, 0.6) is 0 Å². The molecule has 3 heterocycles. The zero-order valence-electron chi connectivity index (χ0n) is 14.9. The molecule has 0 bridgehead atoms. The minimum Gasteiger partial charge on any atom is -0.455 e. The van der Waals surface area contributed by atoms with E-state index in [0.29, 0.717) is 11.3 Å². The minimum atomic E-state index is -0.487. The van der Waals surface area contributed by atoms with Crippen molar-refractivity contribution in [3.63, 3.8) is 0 Å². The number of aromatic nitrogens is 2. The largest absolute Gasteiger partial charge is 0.455 e. The van der Waals surface area contributed by atoms with Crippen LogP contribution in [-0.4, -0.2) is 34.4 Å². The zero-order chi connectivity index (χ0) is 19.0. The maximum absolute atomic E-state index is 12.8. The summed E-state index contributed by atoms with van der Waals surface area (Å²) < 4.78 is 5.07. The summed E-state index contributed by atoms with van der Waals surface area (Å²) in [5.41, 5.74) is 3.96. The van der Waals surface area contributed by atoms with Crippen LogP contribution in [0.2, 0.25) is 0 Å². The number of hydrogen-bond acceptors (Lipinski definition) is 4.